The zero-order chi connectivity index (χ0) is 56.0. The zero-order valence-electron chi connectivity index (χ0n) is 42.8. The number of carbonyl (C=O) groups excluding carboxylic acids is 8. The van der Waals surface area contributed by atoms with Gasteiger partial charge < -0.3 is 70.0 Å². The molecule has 1 unspecified atom stereocenters. The van der Waals surface area contributed by atoms with Crippen LogP contribution in [0.15, 0.2) is 90.3 Å². The number of primary amides is 3. The lowest BCUT2D eigenvalue weighted by atomic mass is 9.92. The first-order valence-corrected chi connectivity index (χ1v) is 26.5. The van der Waals surface area contributed by atoms with Crippen molar-refractivity contribution in [2.24, 2.45) is 27.9 Å². The van der Waals surface area contributed by atoms with Crippen LogP contribution < -0.4 is 54.8 Å². The van der Waals surface area contributed by atoms with Crippen LogP contribution in [0.4, 0.5) is 0 Å². The van der Waals surface area contributed by atoms with E-state index in [1.54, 1.807) is 50.2 Å². The van der Waals surface area contributed by atoms with E-state index in [2.05, 4.69) is 46.9 Å². The second-order valence-corrected chi connectivity index (χ2v) is 20.7. The molecule has 8 amide bonds. The topological polar surface area (TPSA) is 394 Å². The number of aromatic amines is 1. The molecule has 410 valence electrons. The third kappa shape index (κ3) is 21.7. The maximum Gasteiger partial charge on any atom is 0.245 e. The molecule has 23 nitrogen and oxygen atoms in total. The third-order valence-corrected chi connectivity index (χ3v) is 13.6. The van der Waals surface area contributed by atoms with E-state index in [1.807, 2.05) is 24.3 Å². The number of aromatic nitrogens is 2. The predicted octanol–water partition coefficient (Wildman–Crippen LogP) is -0.446. The molecule has 1 heterocycles. The van der Waals surface area contributed by atoms with E-state index in [-0.39, 0.29) is 56.1 Å². The number of nitrogens with zero attached hydrogens (tertiary/aromatic N) is 2. The fourth-order valence-electron chi connectivity index (χ4n) is 7.53. The molecule has 76 heavy (non-hydrogen) atoms. The SMILES string of the molecule is CC(=O)N[C@@H](Cc1ccc(CN=C(N)NC(C)(C)C(NC(=O)CCSCc2cccc(CSC[C@H](NC(=O)C[C@@H](C)O)C(N)=O)c2)C(=O)N[C@@H](Cc2ccc(O)cc2)C(=O)N[C@@H](Cc2cnc[nH]2)C(N)=O)cc1)C(N)=O. The Morgan fingerprint density at radius 1 is 0.684 bits per heavy atom. The van der Waals surface area contributed by atoms with Gasteiger partial charge in [-0.1, -0.05) is 60.7 Å². The number of benzene rings is 3. The van der Waals surface area contributed by atoms with Crippen molar-refractivity contribution in [3.05, 3.63) is 119 Å². The van der Waals surface area contributed by atoms with Gasteiger partial charge in [0.05, 0.1) is 30.9 Å². The van der Waals surface area contributed by atoms with E-state index >= 15 is 0 Å². The van der Waals surface area contributed by atoms with E-state index in [9.17, 15) is 48.6 Å². The number of aliphatic hydroxyl groups excluding tert-OH is 1. The Bertz CT molecular complexity index is 2640. The van der Waals surface area contributed by atoms with Gasteiger partial charge in [-0.05, 0) is 60.7 Å². The van der Waals surface area contributed by atoms with Crippen molar-refractivity contribution in [3.63, 3.8) is 0 Å². The number of rotatable bonds is 31. The first-order valence-electron chi connectivity index (χ1n) is 24.1. The van der Waals surface area contributed by atoms with Crippen molar-refractivity contribution in [1.29, 1.82) is 0 Å². The normalized spacial score (nSPS) is 13.9. The quantitative estimate of drug-likeness (QED) is 0.0173. The summed E-state index contributed by atoms with van der Waals surface area (Å²) in [6.07, 6.45) is 1.88. The highest BCUT2D eigenvalue weighted by Gasteiger charge is 2.39. The molecule has 0 saturated carbocycles. The number of aliphatic imine (C=N–C) groups is 1. The summed E-state index contributed by atoms with van der Waals surface area (Å²) < 4.78 is 0. The highest BCUT2D eigenvalue weighted by Crippen LogP contribution is 2.20. The third-order valence-electron chi connectivity index (χ3n) is 11.4. The maximum atomic E-state index is 14.6. The van der Waals surface area contributed by atoms with E-state index < -0.39 is 89.1 Å². The zero-order valence-corrected chi connectivity index (χ0v) is 44.4. The molecule has 1 aromatic heterocycles. The van der Waals surface area contributed by atoms with Crippen molar-refractivity contribution in [2.75, 3.05) is 11.5 Å². The summed E-state index contributed by atoms with van der Waals surface area (Å²) in [4.78, 5) is 114. The van der Waals surface area contributed by atoms with Gasteiger partial charge in [0, 0.05) is 67.5 Å². The summed E-state index contributed by atoms with van der Waals surface area (Å²) in [5.41, 5.74) is 26.1. The van der Waals surface area contributed by atoms with Crippen LogP contribution in [0.5, 0.6) is 5.75 Å². The molecule has 17 N–H and O–H groups in total. The molecule has 0 saturated heterocycles. The Kier molecular flexibility index (Phi) is 24.1. The molecule has 25 heteroatoms. The number of amides is 8. The monoisotopic (exact) mass is 1090 g/mol. The molecule has 0 aliphatic carbocycles. The average Bonchev–Trinajstić information content (AvgIpc) is 3.87. The van der Waals surface area contributed by atoms with Crippen molar-refractivity contribution >= 4 is 76.7 Å². The fourth-order valence-corrected chi connectivity index (χ4v) is 9.43. The fraction of sp³-hybridized carbons (Fsp3) is 0.412. The standard InChI is InChI=1S/C51H69N13O10S2/c1-29(65)18-43(69)60-41(47(54)72)27-76-26-35-7-5-6-34(19-35)25-75-17-16-42(68)63-44(51(3,4)64-50(55)57-23-33-10-8-31(9-11-33)20-38(45(52)70)59-30(2)66)49(74)62-40(21-32-12-14-37(67)15-13-32)48(73)61-39(46(53)71)22-36-24-56-28-58-36/h5-15,19,24,28-29,38-41,44,65,67H,16-18,20-23,25-27H2,1-4H3,(H2,52,70)(H2,53,71)(H2,54,72)(H,56,58)(H,59,66)(H,60,69)(H,61,73)(H,62,74)(H,63,68)(H3,55,57,64)/t29-,38+,39+,40+,41+,44?/m1/s1. The molecule has 0 aliphatic heterocycles. The van der Waals surface area contributed by atoms with Gasteiger partial charge in [0.2, 0.25) is 47.3 Å². The molecule has 4 aromatic rings. The number of aromatic hydroxyl groups is 1. The first kappa shape index (κ1) is 60.9. The van der Waals surface area contributed by atoms with Crippen LogP contribution in [0.1, 0.15) is 74.0 Å². The Morgan fingerprint density at radius 3 is 1.83 bits per heavy atom. The lowest BCUT2D eigenvalue weighted by molar-refractivity contribution is -0.134. The Hall–Kier alpha value is -7.64. The summed E-state index contributed by atoms with van der Waals surface area (Å²) in [5.74, 6) is -3.64. The largest absolute Gasteiger partial charge is 0.508 e. The van der Waals surface area contributed by atoms with Crippen LogP contribution in [-0.2, 0) is 75.7 Å². The van der Waals surface area contributed by atoms with Gasteiger partial charge in [-0.15, -0.1) is 0 Å². The number of phenolic OH excluding ortho intramolecular Hbond substituents is 1. The second kappa shape index (κ2) is 30.0. The van der Waals surface area contributed by atoms with Crippen LogP contribution >= 0.6 is 23.5 Å². The van der Waals surface area contributed by atoms with Gasteiger partial charge in [0.25, 0.3) is 0 Å². The van der Waals surface area contributed by atoms with Gasteiger partial charge in [-0.2, -0.15) is 23.5 Å². The molecule has 0 fully saturated rings. The predicted molar refractivity (Wildman–Crippen MR) is 289 cm³/mol. The molecular formula is C51H69N13O10S2. The Morgan fingerprint density at radius 2 is 1.25 bits per heavy atom. The van der Waals surface area contributed by atoms with Crippen LogP contribution in [0, 0.1) is 0 Å². The number of thioether (sulfide) groups is 2. The lowest BCUT2D eigenvalue weighted by Crippen LogP contribution is -2.67. The van der Waals surface area contributed by atoms with Crippen LogP contribution in [0.25, 0.3) is 0 Å². The highest BCUT2D eigenvalue weighted by molar-refractivity contribution is 7.98. The average molecular weight is 1090 g/mol. The molecule has 0 radical (unpaired) electrons. The van der Waals surface area contributed by atoms with Crippen molar-refractivity contribution in [3.8, 4) is 5.75 Å². The molecule has 0 bridgehead atoms. The molecule has 0 aliphatic rings. The van der Waals surface area contributed by atoms with Gasteiger partial charge in [0.15, 0.2) is 5.96 Å². The van der Waals surface area contributed by atoms with Crippen molar-refractivity contribution in [2.45, 2.75) is 120 Å². The number of carbonyl (C=O) groups is 8. The molecule has 3 aromatic carbocycles. The number of H-pyrrole nitrogens is 1. The number of nitrogens with one attached hydrogen (secondary N) is 7. The Balaban J connectivity index is 1.50. The van der Waals surface area contributed by atoms with Crippen molar-refractivity contribution < 1.29 is 48.6 Å². The van der Waals surface area contributed by atoms with Crippen LogP contribution in [0.2, 0.25) is 0 Å². The number of aliphatic hydroxyl groups is 1. The minimum Gasteiger partial charge on any atom is -0.508 e. The summed E-state index contributed by atoms with van der Waals surface area (Å²) in [6.45, 7) is 6.07. The first-order chi connectivity index (χ1) is 36.0. The smallest absolute Gasteiger partial charge is 0.245 e. The van der Waals surface area contributed by atoms with Gasteiger partial charge in [0.1, 0.15) is 36.0 Å². The lowest BCUT2D eigenvalue weighted by Gasteiger charge is -2.36. The van der Waals surface area contributed by atoms with Gasteiger partial charge in [-0.25, -0.2) is 9.98 Å². The maximum absolute atomic E-state index is 14.6. The summed E-state index contributed by atoms with van der Waals surface area (Å²) in [6, 6.07) is 15.0. The van der Waals surface area contributed by atoms with E-state index in [4.69, 9.17) is 22.9 Å². The summed E-state index contributed by atoms with van der Waals surface area (Å²) in [7, 11) is 0. The summed E-state index contributed by atoms with van der Waals surface area (Å²) >= 11 is 2.88. The number of phenols is 1. The van der Waals surface area contributed by atoms with E-state index in [1.165, 1.54) is 62.0 Å². The number of hydrogen-bond acceptors (Lipinski definition) is 14. The van der Waals surface area contributed by atoms with E-state index in [0.717, 1.165) is 22.3 Å². The molecule has 6 atom stereocenters. The summed E-state index contributed by atoms with van der Waals surface area (Å²) in [5, 5.41) is 35.8. The van der Waals surface area contributed by atoms with Crippen LogP contribution in [-0.4, -0.2) is 127 Å². The number of nitrogens with two attached hydrogens (primary N) is 4. The number of guanidine groups is 1. The second-order valence-electron chi connectivity index (χ2n) is 18.6. The minimum atomic E-state index is -1.40. The Labute approximate surface area is 449 Å². The van der Waals surface area contributed by atoms with E-state index in [0.29, 0.717) is 28.5 Å². The van der Waals surface area contributed by atoms with Crippen LogP contribution in [0.3, 0.4) is 0 Å². The molecular weight excluding hydrogens is 1020 g/mol. The molecule has 4 rings (SSSR count). The number of imidazole rings is 1. The van der Waals surface area contributed by atoms with Gasteiger partial charge >= 0.3 is 0 Å². The van der Waals surface area contributed by atoms with Crippen molar-refractivity contribution in [1.82, 2.24) is 41.9 Å². The highest BCUT2D eigenvalue weighted by atomic mass is 32.2. The minimum absolute atomic E-state index is 0.0226. The number of hydrogen-bond donors (Lipinski definition) is 13. The molecule has 0 spiro atoms. The van der Waals surface area contributed by atoms with Gasteiger partial charge in [-0.3, -0.25) is 38.4 Å².